The van der Waals surface area contributed by atoms with Crippen LogP contribution in [0, 0.1) is 11.3 Å². The van der Waals surface area contributed by atoms with Gasteiger partial charge in [-0.2, -0.15) is 0 Å². The van der Waals surface area contributed by atoms with Crippen LogP contribution in [0.15, 0.2) is 0 Å². The van der Waals surface area contributed by atoms with Gasteiger partial charge in [-0.3, -0.25) is 0 Å². The predicted octanol–water partition coefficient (Wildman–Crippen LogP) is 2.50. The van der Waals surface area contributed by atoms with Gasteiger partial charge in [-0.05, 0) is 56.5 Å². The fraction of sp³-hybridized carbons (Fsp3) is 1.00. The van der Waals surface area contributed by atoms with E-state index in [4.69, 9.17) is 0 Å². The summed E-state index contributed by atoms with van der Waals surface area (Å²) in [6.45, 7) is 11.1. The number of nitrogens with zero attached hydrogens (tertiary/aromatic N) is 1. The summed E-state index contributed by atoms with van der Waals surface area (Å²) in [6.07, 6.45) is 7.06. The number of nitrogens with one attached hydrogen (secondary N) is 1. The normalized spacial score (nSPS) is 25.1. The van der Waals surface area contributed by atoms with E-state index < -0.39 is 0 Å². The molecule has 2 nitrogen and oxygen atoms in total. The average Bonchev–Trinajstić information content (AvgIpc) is 3.05. The number of hydrogen-bond acceptors (Lipinski definition) is 2. The topological polar surface area (TPSA) is 15.3 Å². The minimum atomic E-state index is 0.649. The molecular weight excluding hydrogens is 196 g/mol. The van der Waals surface area contributed by atoms with Crippen LogP contribution in [0.3, 0.4) is 0 Å². The highest BCUT2D eigenvalue weighted by Crippen LogP contribution is 2.36. The standard InChI is InChI=1S/C14H28N2/c1-3-14(4-2)7-9-16(12-14)10-8-15-11-13-5-6-13/h13,15H,3-12H2,1-2H3. The van der Waals surface area contributed by atoms with Gasteiger partial charge in [-0.1, -0.05) is 13.8 Å². The largest absolute Gasteiger partial charge is 0.315 e. The summed E-state index contributed by atoms with van der Waals surface area (Å²) in [6, 6.07) is 0. The lowest BCUT2D eigenvalue weighted by Crippen LogP contribution is -2.33. The van der Waals surface area contributed by atoms with Crippen LogP contribution in [-0.2, 0) is 0 Å². The molecule has 0 unspecified atom stereocenters. The predicted molar refractivity (Wildman–Crippen MR) is 69.7 cm³/mol. The smallest absolute Gasteiger partial charge is 0.0107 e. The van der Waals surface area contributed by atoms with E-state index in [9.17, 15) is 0 Å². The van der Waals surface area contributed by atoms with Crippen LogP contribution >= 0.6 is 0 Å². The van der Waals surface area contributed by atoms with E-state index in [1.165, 1.54) is 64.8 Å². The maximum Gasteiger partial charge on any atom is 0.0107 e. The molecule has 0 radical (unpaired) electrons. The minimum absolute atomic E-state index is 0.649. The van der Waals surface area contributed by atoms with E-state index in [0.29, 0.717) is 5.41 Å². The summed E-state index contributed by atoms with van der Waals surface area (Å²) in [4.78, 5) is 2.66. The Kier molecular flexibility index (Phi) is 4.26. The summed E-state index contributed by atoms with van der Waals surface area (Å²) in [5.41, 5.74) is 0.649. The van der Waals surface area contributed by atoms with Gasteiger partial charge in [0.25, 0.3) is 0 Å². The fourth-order valence-corrected chi connectivity index (χ4v) is 2.91. The van der Waals surface area contributed by atoms with Crippen LogP contribution in [0.2, 0.25) is 0 Å². The first-order chi connectivity index (χ1) is 7.78. The summed E-state index contributed by atoms with van der Waals surface area (Å²) >= 11 is 0. The molecule has 1 saturated carbocycles. The van der Waals surface area contributed by atoms with Gasteiger partial charge in [0.2, 0.25) is 0 Å². The van der Waals surface area contributed by atoms with Crippen molar-refractivity contribution < 1.29 is 0 Å². The zero-order valence-corrected chi connectivity index (χ0v) is 11.1. The van der Waals surface area contributed by atoms with E-state index in [1.54, 1.807) is 0 Å². The van der Waals surface area contributed by atoms with Crippen LogP contribution in [0.5, 0.6) is 0 Å². The second-order valence-corrected chi connectivity index (χ2v) is 5.88. The molecule has 1 aliphatic heterocycles. The molecule has 0 aromatic heterocycles. The Morgan fingerprint density at radius 3 is 2.56 bits per heavy atom. The van der Waals surface area contributed by atoms with Crippen LogP contribution in [0.25, 0.3) is 0 Å². The highest BCUT2D eigenvalue weighted by atomic mass is 15.2. The van der Waals surface area contributed by atoms with Crippen molar-refractivity contribution in [2.75, 3.05) is 32.7 Å². The van der Waals surface area contributed by atoms with Crippen molar-refractivity contribution in [2.45, 2.75) is 46.0 Å². The third kappa shape index (κ3) is 3.21. The molecule has 2 rings (SSSR count). The molecule has 1 N–H and O–H groups in total. The molecule has 1 heterocycles. The minimum Gasteiger partial charge on any atom is -0.315 e. The molecule has 2 aliphatic rings. The Bertz CT molecular complexity index is 207. The average molecular weight is 224 g/mol. The first kappa shape index (κ1) is 12.4. The lowest BCUT2D eigenvalue weighted by atomic mass is 9.82. The van der Waals surface area contributed by atoms with Crippen molar-refractivity contribution in [3.63, 3.8) is 0 Å². The second kappa shape index (κ2) is 5.50. The van der Waals surface area contributed by atoms with Crippen molar-refractivity contribution in [1.82, 2.24) is 10.2 Å². The SMILES string of the molecule is CCC1(CC)CCN(CCNCC2CC2)C1. The van der Waals surface area contributed by atoms with Gasteiger partial charge in [0.05, 0.1) is 0 Å². The molecule has 94 valence electrons. The van der Waals surface area contributed by atoms with Gasteiger partial charge in [0.15, 0.2) is 0 Å². The Balaban J connectivity index is 1.59. The summed E-state index contributed by atoms with van der Waals surface area (Å²) in [5.74, 6) is 1.02. The highest BCUT2D eigenvalue weighted by Gasteiger charge is 2.34. The second-order valence-electron chi connectivity index (χ2n) is 5.88. The number of hydrogen-bond donors (Lipinski definition) is 1. The Morgan fingerprint density at radius 1 is 1.25 bits per heavy atom. The quantitative estimate of drug-likeness (QED) is 0.668. The molecule has 0 aromatic carbocycles. The Morgan fingerprint density at radius 2 is 2.00 bits per heavy atom. The van der Waals surface area contributed by atoms with Gasteiger partial charge in [0.1, 0.15) is 0 Å². The lowest BCUT2D eigenvalue weighted by molar-refractivity contribution is 0.240. The first-order valence-electron chi connectivity index (χ1n) is 7.21. The molecule has 2 fully saturated rings. The van der Waals surface area contributed by atoms with Crippen molar-refractivity contribution >= 4 is 0 Å². The molecule has 0 bridgehead atoms. The Labute approximate surface area is 101 Å². The van der Waals surface area contributed by atoms with Gasteiger partial charge in [-0.25, -0.2) is 0 Å². The molecule has 1 aliphatic carbocycles. The van der Waals surface area contributed by atoms with Gasteiger partial charge < -0.3 is 10.2 Å². The third-order valence-corrected chi connectivity index (χ3v) is 4.75. The zero-order valence-electron chi connectivity index (χ0n) is 11.1. The molecule has 0 amide bonds. The molecule has 0 spiro atoms. The summed E-state index contributed by atoms with van der Waals surface area (Å²) < 4.78 is 0. The van der Waals surface area contributed by atoms with Gasteiger partial charge >= 0.3 is 0 Å². The van der Waals surface area contributed by atoms with E-state index in [2.05, 4.69) is 24.1 Å². The summed E-state index contributed by atoms with van der Waals surface area (Å²) in [7, 11) is 0. The van der Waals surface area contributed by atoms with Crippen molar-refractivity contribution in [1.29, 1.82) is 0 Å². The van der Waals surface area contributed by atoms with Gasteiger partial charge in [0, 0.05) is 19.6 Å². The monoisotopic (exact) mass is 224 g/mol. The zero-order chi connectivity index (χ0) is 11.4. The number of rotatable bonds is 7. The third-order valence-electron chi connectivity index (χ3n) is 4.75. The van der Waals surface area contributed by atoms with E-state index in [1.807, 2.05) is 0 Å². The molecule has 2 heteroatoms. The molecule has 0 atom stereocenters. The van der Waals surface area contributed by atoms with Crippen LogP contribution in [-0.4, -0.2) is 37.6 Å². The van der Waals surface area contributed by atoms with Crippen molar-refractivity contribution in [3.05, 3.63) is 0 Å². The molecule has 1 saturated heterocycles. The van der Waals surface area contributed by atoms with Crippen LogP contribution < -0.4 is 5.32 Å². The molecular formula is C14H28N2. The van der Waals surface area contributed by atoms with E-state index >= 15 is 0 Å². The number of likely N-dealkylation sites (tertiary alicyclic amines) is 1. The lowest BCUT2D eigenvalue weighted by Gasteiger charge is -2.26. The Hall–Kier alpha value is -0.0800. The van der Waals surface area contributed by atoms with E-state index in [-0.39, 0.29) is 0 Å². The van der Waals surface area contributed by atoms with Crippen LogP contribution in [0.4, 0.5) is 0 Å². The summed E-state index contributed by atoms with van der Waals surface area (Å²) in [5, 5.41) is 3.60. The maximum absolute atomic E-state index is 3.60. The molecule has 16 heavy (non-hydrogen) atoms. The van der Waals surface area contributed by atoms with Crippen molar-refractivity contribution in [3.8, 4) is 0 Å². The first-order valence-corrected chi connectivity index (χ1v) is 7.21. The maximum atomic E-state index is 3.60. The van der Waals surface area contributed by atoms with E-state index in [0.717, 1.165) is 5.92 Å². The highest BCUT2D eigenvalue weighted by molar-refractivity contribution is 4.88. The van der Waals surface area contributed by atoms with Crippen LogP contribution in [0.1, 0.15) is 46.0 Å². The molecule has 0 aromatic rings. The van der Waals surface area contributed by atoms with Gasteiger partial charge in [-0.15, -0.1) is 0 Å². The van der Waals surface area contributed by atoms with Crippen molar-refractivity contribution in [2.24, 2.45) is 11.3 Å². The fourth-order valence-electron chi connectivity index (χ4n) is 2.91.